The molecule has 0 atom stereocenters. The number of aromatic nitrogens is 3. The van der Waals surface area contributed by atoms with E-state index in [1.165, 1.54) is 6.42 Å². The van der Waals surface area contributed by atoms with Crippen LogP contribution < -0.4 is 5.48 Å². The lowest BCUT2D eigenvalue weighted by Crippen LogP contribution is -2.62. The highest BCUT2D eigenvalue weighted by Gasteiger charge is 2.47. The number of hydroxylamine groups is 1. The van der Waals surface area contributed by atoms with E-state index in [9.17, 15) is 4.79 Å². The predicted molar refractivity (Wildman–Crippen MR) is 83.7 cm³/mol. The van der Waals surface area contributed by atoms with Crippen LogP contribution in [0.5, 0.6) is 0 Å². The predicted octanol–water partition coefficient (Wildman–Crippen LogP) is 1.90. The fraction of sp³-hybridized carbons (Fsp3) is 0.500. The molecule has 1 aliphatic heterocycles. The highest BCUT2D eigenvalue weighted by atomic mass is 16.7. The van der Waals surface area contributed by atoms with Gasteiger partial charge in [-0.15, -0.1) is 10.2 Å². The lowest BCUT2D eigenvalue weighted by atomic mass is 9.82. The molecule has 2 aliphatic rings. The summed E-state index contributed by atoms with van der Waals surface area (Å²) in [4.78, 5) is 23.1. The van der Waals surface area contributed by atoms with Crippen molar-refractivity contribution in [1.29, 1.82) is 0 Å². The normalized spacial score (nSPS) is 19.5. The summed E-state index contributed by atoms with van der Waals surface area (Å²) in [5.41, 5.74) is 2.97. The van der Waals surface area contributed by atoms with Crippen LogP contribution >= 0.6 is 0 Å². The molecule has 2 amide bonds. The molecular formula is C16H19N5O3. The average molecular weight is 329 g/mol. The topological polar surface area (TPSA) is 93.4 Å². The largest absolute Gasteiger partial charge is 0.420 e. The summed E-state index contributed by atoms with van der Waals surface area (Å²) in [7, 11) is 0. The quantitative estimate of drug-likeness (QED) is 0.861. The maximum Gasteiger partial charge on any atom is 0.341 e. The van der Waals surface area contributed by atoms with Gasteiger partial charge in [0.25, 0.3) is 0 Å². The van der Waals surface area contributed by atoms with E-state index in [0.717, 1.165) is 18.4 Å². The third-order valence-electron chi connectivity index (χ3n) is 4.58. The minimum atomic E-state index is -0.332. The molecular weight excluding hydrogens is 310 g/mol. The van der Waals surface area contributed by atoms with Gasteiger partial charge in [0.1, 0.15) is 0 Å². The number of amides is 2. The fourth-order valence-electron chi connectivity index (χ4n) is 2.84. The van der Waals surface area contributed by atoms with Crippen LogP contribution in [0, 0.1) is 0 Å². The van der Waals surface area contributed by atoms with E-state index in [2.05, 4.69) is 20.7 Å². The second-order valence-electron chi connectivity index (χ2n) is 6.65. The zero-order chi connectivity index (χ0) is 16.6. The van der Waals surface area contributed by atoms with Gasteiger partial charge in [-0.2, -0.15) is 0 Å². The average Bonchev–Trinajstić information content (AvgIpc) is 3.01. The Labute approximate surface area is 139 Å². The molecule has 4 rings (SSSR count). The van der Waals surface area contributed by atoms with Gasteiger partial charge in [-0.05, 0) is 38.3 Å². The molecule has 2 aromatic heterocycles. The molecule has 0 bridgehead atoms. The number of carbonyl (C=O) groups is 1. The van der Waals surface area contributed by atoms with Gasteiger partial charge in [-0.25, -0.2) is 10.3 Å². The number of nitrogens with one attached hydrogen (secondary N) is 1. The maximum absolute atomic E-state index is 12.0. The summed E-state index contributed by atoms with van der Waals surface area (Å²) in [5, 5.41) is 8.22. The minimum absolute atomic E-state index is 0.166. The van der Waals surface area contributed by atoms with Gasteiger partial charge in [-0.1, -0.05) is 0 Å². The molecule has 1 saturated heterocycles. The molecule has 24 heavy (non-hydrogen) atoms. The van der Waals surface area contributed by atoms with Crippen molar-refractivity contribution in [3.8, 4) is 11.5 Å². The smallest absolute Gasteiger partial charge is 0.341 e. The molecule has 2 aromatic rings. The summed E-state index contributed by atoms with van der Waals surface area (Å²) in [6, 6.07) is 3.47. The first-order valence-electron chi connectivity index (χ1n) is 8.09. The molecule has 1 aliphatic carbocycles. The number of carbonyl (C=O) groups excluding carboxylic acids is 1. The number of hydrogen-bond donors (Lipinski definition) is 1. The third-order valence-corrected chi connectivity index (χ3v) is 4.58. The van der Waals surface area contributed by atoms with Gasteiger partial charge in [-0.3, -0.25) is 9.82 Å². The van der Waals surface area contributed by atoms with Gasteiger partial charge >= 0.3 is 6.03 Å². The van der Waals surface area contributed by atoms with Crippen molar-refractivity contribution in [2.75, 3.05) is 13.1 Å². The van der Waals surface area contributed by atoms with Crippen LogP contribution in [0.1, 0.15) is 32.1 Å². The molecule has 126 valence electrons. The van der Waals surface area contributed by atoms with E-state index in [1.54, 1.807) is 17.3 Å². The van der Waals surface area contributed by atoms with Crippen LogP contribution in [0.4, 0.5) is 4.79 Å². The first kappa shape index (κ1) is 15.1. The SMILES string of the molecule is CC1(c2nnc(-c3cccnc3)o2)CN(C(=O)NOC2CCC2)C1. The highest BCUT2D eigenvalue weighted by Crippen LogP contribution is 2.34. The molecule has 3 heterocycles. The Hall–Kier alpha value is -2.48. The van der Waals surface area contributed by atoms with Gasteiger partial charge in [0.05, 0.1) is 17.1 Å². The molecule has 1 N–H and O–H groups in total. The Kier molecular flexibility index (Phi) is 3.68. The zero-order valence-electron chi connectivity index (χ0n) is 13.4. The van der Waals surface area contributed by atoms with E-state index >= 15 is 0 Å². The number of urea groups is 1. The lowest BCUT2D eigenvalue weighted by molar-refractivity contribution is -0.0567. The molecule has 0 aromatic carbocycles. The van der Waals surface area contributed by atoms with Crippen LogP contribution in [0.25, 0.3) is 11.5 Å². The Morgan fingerprint density at radius 3 is 2.92 bits per heavy atom. The molecule has 0 spiro atoms. The summed E-state index contributed by atoms with van der Waals surface area (Å²) in [5.74, 6) is 0.973. The van der Waals surface area contributed by atoms with E-state index in [-0.39, 0.29) is 17.6 Å². The van der Waals surface area contributed by atoms with Gasteiger partial charge in [0, 0.05) is 25.5 Å². The monoisotopic (exact) mass is 329 g/mol. The summed E-state index contributed by atoms with van der Waals surface area (Å²) >= 11 is 0. The molecule has 0 radical (unpaired) electrons. The van der Waals surface area contributed by atoms with Gasteiger partial charge in [0.2, 0.25) is 11.8 Å². The van der Waals surface area contributed by atoms with Crippen LogP contribution in [0.2, 0.25) is 0 Å². The number of hydrogen-bond acceptors (Lipinski definition) is 6. The molecule has 1 saturated carbocycles. The first-order valence-corrected chi connectivity index (χ1v) is 8.09. The Morgan fingerprint density at radius 2 is 2.25 bits per heavy atom. The van der Waals surface area contributed by atoms with Crippen LogP contribution in [-0.2, 0) is 10.3 Å². The third kappa shape index (κ3) is 2.73. The van der Waals surface area contributed by atoms with Gasteiger partial charge in [0.15, 0.2) is 0 Å². The second-order valence-corrected chi connectivity index (χ2v) is 6.65. The highest BCUT2D eigenvalue weighted by molar-refractivity contribution is 5.74. The lowest BCUT2D eigenvalue weighted by Gasteiger charge is -2.45. The van der Waals surface area contributed by atoms with Crippen LogP contribution in [0.3, 0.4) is 0 Å². The summed E-state index contributed by atoms with van der Waals surface area (Å²) in [6.45, 7) is 3.03. The van der Waals surface area contributed by atoms with E-state index in [4.69, 9.17) is 9.25 Å². The van der Waals surface area contributed by atoms with Crippen molar-refractivity contribution in [1.82, 2.24) is 25.6 Å². The van der Waals surface area contributed by atoms with Crippen molar-refractivity contribution < 1.29 is 14.0 Å². The number of pyridine rings is 1. The van der Waals surface area contributed by atoms with Crippen molar-refractivity contribution in [3.05, 3.63) is 30.4 Å². The maximum atomic E-state index is 12.0. The minimum Gasteiger partial charge on any atom is -0.420 e. The summed E-state index contributed by atoms with van der Waals surface area (Å²) < 4.78 is 5.78. The second kappa shape index (κ2) is 5.86. The molecule has 2 fully saturated rings. The van der Waals surface area contributed by atoms with Crippen LogP contribution in [-0.4, -0.2) is 45.3 Å². The molecule has 8 heteroatoms. The van der Waals surface area contributed by atoms with Crippen LogP contribution in [0.15, 0.2) is 28.9 Å². The first-order chi connectivity index (χ1) is 11.6. The van der Waals surface area contributed by atoms with E-state index < -0.39 is 0 Å². The van der Waals surface area contributed by atoms with Crippen molar-refractivity contribution in [2.24, 2.45) is 0 Å². The molecule has 8 nitrogen and oxygen atoms in total. The Balaban J connectivity index is 1.36. The Bertz CT molecular complexity index is 722. The van der Waals surface area contributed by atoms with Crippen molar-refractivity contribution in [2.45, 2.75) is 37.7 Å². The number of likely N-dealkylation sites (tertiary alicyclic amines) is 1. The Morgan fingerprint density at radius 1 is 1.42 bits per heavy atom. The molecule has 0 unspecified atom stereocenters. The van der Waals surface area contributed by atoms with Crippen molar-refractivity contribution >= 4 is 6.03 Å². The van der Waals surface area contributed by atoms with E-state index in [0.29, 0.717) is 24.9 Å². The standard InChI is InChI=1S/C16H19N5O3/c1-16(9-21(10-16)15(22)20-24-12-5-2-6-12)14-19-18-13(23-14)11-4-3-7-17-8-11/h3-4,7-8,12H,2,5-6,9-10H2,1H3,(H,20,22). The fourth-order valence-corrected chi connectivity index (χ4v) is 2.84. The number of nitrogens with zero attached hydrogens (tertiary/aromatic N) is 4. The zero-order valence-corrected chi connectivity index (χ0v) is 13.4. The van der Waals surface area contributed by atoms with E-state index in [1.807, 2.05) is 19.1 Å². The number of rotatable bonds is 4. The van der Waals surface area contributed by atoms with Crippen molar-refractivity contribution in [3.63, 3.8) is 0 Å². The van der Waals surface area contributed by atoms with Gasteiger partial charge < -0.3 is 9.32 Å². The summed E-state index contributed by atoms with van der Waals surface area (Å²) in [6.07, 6.45) is 6.72.